The molecule has 0 aliphatic carbocycles. The van der Waals surface area contributed by atoms with Gasteiger partial charge in [-0.1, -0.05) is 35.3 Å². The van der Waals surface area contributed by atoms with Crippen molar-refractivity contribution in [2.75, 3.05) is 25.0 Å². The molecule has 1 aliphatic heterocycles. The summed E-state index contributed by atoms with van der Waals surface area (Å²) < 4.78 is 5.05. The lowest BCUT2D eigenvalue weighted by Crippen LogP contribution is -2.38. The highest BCUT2D eigenvalue weighted by molar-refractivity contribution is 6.35. The summed E-state index contributed by atoms with van der Waals surface area (Å²) in [5.41, 5.74) is 2.91. The Balaban J connectivity index is 1.58. The summed E-state index contributed by atoms with van der Waals surface area (Å²) >= 11 is 12.6. The minimum Gasteiger partial charge on any atom is -0.462 e. The third-order valence-electron chi connectivity index (χ3n) is 5.41. The van der Waals surface area contributed by atoms with Gasteiger partial charge >= 0.3 is 5.97 Å². The maximum Gasteiger partial charge on any atom is 0.338 e. The van der Waals surface area contributed by atoms with Gasteiger partial charge in [-0.05, 0) is 69.6 Å². The molecule has 1 heterocycles. The van der Waals surface area contributed by atoms with E-state index >= 15 is 0 Å². The van der Waals surface area contributed by atoms with Gasteiger partial charge in [-0.15, -0.1) is 0 Å². The molecule has 0 saturated carbocycles. The van der Waals surface area contributed by atoms with Gasteiger partial charge in [-0.2, -0.15) is 0 Å². The molecule has 1 fully saturated rings. The van der Waals surface area contributed by atoms with Crippen LogP contribution in [0.2, 0.25) is 10.0 Å². The van der Waals surface area contributed by atoms with E-state index in [0.29, 0.717) is 34.4 Å². The number of hydrogen-bond acceptors (Lipinski definition) is 4. The van der Waals surface area contributed by atoms with E-state index < -0.39 is 0 Å². The highest BCUT2D eigenvalue weighted by atomic mass is 35.5. The van der Waals surface area contributed by atoms with Crippen LogP contribution in [-0.2, 0) is 16.1 Å². The number of ether oxygens (including phenoxy) is 1. The average molecular weight is 449 g/mol. The number of piperidine rings is 1. The number of anilines is 1. The highest BCUT2D eigenvalue weighted by Gasteiger charge is 2.26. The lowest BCUT2D eigenvalue weighted by atomic mass is 9.95. The molecule has 1 saturated heterocycles. The third-order valence-corrected chi connectivity index (χ3v) is 6.12. The summed E-state index contributed by atoms with van der Waals surface area (Å²) in [4.78, 5) is 27.0. The number of benzene rings is 2. The number of esters is 1. The Labute approximate surface area is 187 Å². The molecule has 0 spiro atoms. The van der Waals surface area contributed by atoms with Crippen LogP contribution >= 0.6 is 23.2 Å². The first-order chi connectivity index (χ1) is 14.4. The number of likely N-dealkylation sites (tertiary alicyclic amines) is 1. The van der Waals surface area contributed by atoms with Gasteiger partial charge in [0.2, 0.25) is 5.91 Å². The number of rotatable bonds is 6. The molecule has 1 amide bonds. The van der Waals surface area contributed by atoms with Crippen molar-refractivity contribution in [1.29, 1.82) is 0 Å². The van der Waals surface area contributed by atoms with E-state index in [-0.39, 0.29) is 17.8 Å². The molecular weight excluding hydrogens is 423 g/mol. The van der Waals surface area contributed by atoms with Gasteiger partial charge in [0.15, 0.2) is 0 Å². The number of aryl methyl sites for hydroxylation is 1. The molecule has 0 aromatic heterocycles. The van der Waals surface area contributed by atoms with Gasteiger partial charge < -0.3 is 10.1 Å². The molecule has 2 aromatic carbocycles. The number of carbonyl (C=O) groups is 2. The summed E-state index contributed by atoms with van der Waals surface area (Å²) in [6, 6.07) is 10.7. The minimum atomic E-state index is -0.389. The fourth-order valence-corrected chi connectivity index (χ4v) is 4.11. The molecular formula is C23H26Cl2N2O3. The van der Waals surface area contributed by atoms with Crippen LogP contribution in [0.25, 0.3) is 0 Å². The van der Waals surface area contributed by atoms with Crippen molar-refractivity contribution >= 4 is 40.8 Å². The zero-order valence-electron chi connectivity index (χ0n) is 17.2. The van der Waals surface area contributed by atoms with E-state index in [4.69, 9.17) is 27.9 Å². The molecule has 3 rings (SSSR count). The Morgan fingerprint density at radius 2 is 1.80 bits per heavy atom. The lowest BCUT2D eigenvalue weighted by Gasteiger charge is -2.31. The molecule has 2 aromatic rings. The SMILES string of the molecule is CCOC(=O)c1ccc(C)c(NC(=O)C2CCN(Cc3c(Cl)cccc3Cl)CC2)c1. The van der Waals surface area contributed by atoms with Crippen LogP contribution in [0, 0.1) is 12.8 Å². The molecule has 0 unspecified atom stereocenters. The van der Waals surface area contributed by atoms with E-state index in [1.807, 2.05) is 31.2 Å². The second-order valence-corrected chi connectivity index (χ2v) is 8.30. The molecule has 160 valence electrons. The summed E-state index contributed by atoms with van der Waals surface area (Å²) in [6.45, 7) is 6.24. The monoisotopic (exact) mass is 448 g/mol. The van der Waals surface area contributed by atoms with Crippen LogP contribution in [-0.4, -0.2) is 36.5 Å². The van der Waals surface area contributed by atoms with E-state index in [1.54, 1.807) is 19.1 Å². The maximum absolute atomic E-state index is 12.8. The summed E-state index contributed by atoms with van der Waals surface area (Å²) in [7, 11) is 0. The fraction of sp³-hybridized carbons (Fsp3) is 0.391. The molecule has 1 N–H and O–H groups in total. The van der Waals surface area contributed by atoms with Crippen LogP contribution in [0.4, 0.5) is 5.69 Å². The minimum absolute atomic E-state index is 0.0189. The molecule has 7 heteroatoms. The van der Waals surface area contributed by atoms with E-state index in [0.717, 1.165) is 37.1 Å². The standard InChI is InChI=1S/C23H26Cl2N2O3/c1-3-30-23(29)17-8-7-15(2)21(13-17)26-22(28)16-9-11-27(12-10-16)14-18-19(24)5-4-6-20(18)25/h4-8,13,16H,3,9-12,14H2,1-2H3,(H,26,28). The van der Waals surface area contributed by atoms with Gasteiger partial charge in [0.25, 0.3) is 0 Å². The van der Waals surface area contributed by atoms with Crippen molar-refractivity contribution in [2.24, 2.45) is 5.92 Å². The first-order valence-corrected chi connectivity index (χ1v) is 10.9. The largest absolute Gasteiger partial charge is 0.462 e. The van der Waals surface area contributed by atoms with Gasteiger partial charge in [-0.3, -0.25) is 9.69 Å². The Hall–Kier alpha value is -2.08. The predicted octanol–water partition coefficient (Wildman–Crippen LogP) is 5.33. The Morgan fingerprint density at radius 1 is 1.13 bits per heavy atom. The quantitative estimate of drug-likeness (QED) is 0.606. The average Bonchev–Trinajstić information content (AvgIpc) is 2.73. The normalized spacial score (nSPS) is 15.1. The molecule has 1 aliphatic rings. The zero-order chi connectivity index (χ0) is 21.7. The van der Waals surface area contributed by atoms with E-state index in [1.165, 1.54) is 0 Å². The van der Waals surface area contributed by atoms with Crippen molar-refractivity contribution in [3.05, 3.63) is 63.1 Å². The molecule has 5 nitrogen and oxygen atoms in total. The first kappa shape index (κ1) is 22.6. The Kier molecular flexibility index (Phi) is 7.75. The van der Waals surface area contributed by atoms with Gasteiger partial charge in [0, 0.05) is 33.8 Å². The lowest BCUT2D eigenvalue weighted by molar-refractivity contribution is -0.121. The van der Waals surface area contributed by atoms with Crippen molar-refractivity contribution < 1.29 is 14.3 Å². The number of nitrogens with zero attached hydrogens (tertiary/aromatic N) is 1. The molecule has 30 heavy (non-hydrogen) atoms. The maximum atomic E-state index is 12.8. The van der Waals surface area contributed by atoms with Crippen LogP contribution in [0.15, 0.2) is 36.4 Å². The molecule has 0 radical (unpaired) electrons. The second-order valence-electron chi connectivity index (χ2n) is 7.49. The number of carbonyl (C=O) groups excluding carboxylic acids is 2. The fourth-order valence-electron chi connectivity index (χ4n) is 3.59. The molecule has 0 bridgehead atoms. The van der Waals surface area contributed by atoms with Gasteiger partial charge in [0.05, 0.1) is 12.2 Å². The van der Waals surface area contributed by atoms with Crippen LogP contribution in [0.5, 0.6) is 0 Å². The van der Waals surface area contributed by atoms with Crippen LogP contribution in [0.3, 0.4) is 0 Å². The number of amides is 1. The van der Waals surface area contributed by atoms with Crippen molar-refractivity contribution in [2.45, 2.75) is 33.2 Å². The number of hydrogen-bond donors (Lipinski definition) is 1. The van der Waals surface area contributed by atoms with Crippen LogP contribution in [0.1, 0.15) is 41.3 Å². The summed E-state index contributed by atoms with van der Waals surface area (Å²) in [5, 5.41) is 4.32. The molecule has 0 atom stereocenters. The summed E-state index contributed by atoms with van der Waals surface area (Å²) in [5.74, 6) is -0.484. The Morgan fingerprint density at radius 3 is 2.43 bits per heavy atom. The summed E-state index contributed by atoms with van der Waals surface area (Å²) in [6.07, 6.45) is 1.51. The van der Waals surface area contributed by atoms with Crippen molar-refractivity contribution in [3.8, 4) is 0 Å². The number of nitrogens with one attached hydrogen (secondary N) is 1. The Bertz CT molecular complexity index is 904. The van der Waals surface area contributed by atoms with Crippen LogP contribution < -0.4 is 5.32 Å². The third kappa shape index (κ3) is 5.54. The van der Waals surface area contributed by atoms with E-state index in [9.17, 15) is 9.59 Å². The first-order valence-electron chi connectivity index (χ1n) is 10.1. The second kappa shape index (κ2) is 10.3. The topological polar surface area (TPSA) is 58.6 Å². The highest BCUT2D eigenvalue weighted by Crippen LogP contribution is 2.28. The zero-order valence-corrected chi connectivity index (χ0v) is 18.7. The van der Waals surface area contributed by atoms with Crippen molar-refractivity contribution in [3.63, 3.8) is 0 Å². The van der Waals surface area contributed by atoms with Crippen molar-refractivity contribution in [1.82, 2.24) is 4.90 Å². The van der Waals surface area contributed by atoms with Gasteiger partial charge in [0.1, 0.15) is 0 Å². The predicted molar refractivity (Wildman–Crippen MR) is 120 cm³/mol. The smallest absolute Gasteiger partial charge is 0.338 e. The number of halogens is 2. The van der Waals surface area contributed by atoms with E-state index in [2.05, 4.69) is 10.2 Å². The van der Waals surface area contributed by atoms with Gasteiger partial charge in [-0.25, -0.2) is 4.79 Å².